The summed E-state index contributed by atoms with van der Waals surface area (Å²) in [5.41, 5.74) is 0.444. The zero-order valence-corrected chi connectivity index (χ0v) is 11.9. The van der Waals surface area contributed by atoms with Crippen molar-refractivity contribution in [1.82, 2.24) is 4.98 Å². The van der Waals surface area contributed by atoms with E-state index in [0.717, 1.165) is 36.2 Å². The predicted molar refractivity (Wildman–Crippen MR) is 77.5 cm³/mol. The molecule has 0 atom stereocenters. The van der Waals surface area contributed by atoms with E-state index in [9.17, 15) is 5.11 Å². The average Bonchev–Trinajstić information content (AvgIpc) is 2.81. The minimum Gasteiger partial charge on any atom is -0.389 e. The van der Waals surface area contributed by atoms with Gasteiger partial charge in [-0.15, -0.1) is 11.3 Å². The van der Waals surface area contributed by atoms with E-state index in [1.165, 1.54) is 4.70 Å². The van der Waals surface area contributed by atoms with Gasteiger partial charge in [0, 0.05) is 13.5 Å². The van der Waals surface area contributed by atoms with Gasteiger partial charge in [0.15, 0.2) is 0 Å². The number of para-hydroxylation sites is 1. The van der Waals surface area contributed by atoms with Crippen molar-refractivity contribution in [2.75, 3.05) is 7.11 Å². The van der Waals surface area contributed by atoms with E-state index in [-0.39, 0.29) is 0 Å². The van der Waals surface area contributed by atoms with E-state index in [4.69, 9.17) is 4.74 Å². The lowest BCUT2D eigenvalue weighted by Crippen LogP contribution is -2.38. The maximum atomic E-state index is 10.7. The van der Waals surface area contributed by atoms with Gasteiger partial charge in [0.05, 0.1) is 26.9 Å². The Morgan fingerprint density at radius 2 is 2.11 bits per heavy atom. The summed E-state index contributed by atoms with van der Waals surface area (Å²) in [6, 6.07) is 8.15. The fraction of sp³-hybridized carbons (Fsp3) is 0.533. The lowest BCUT2D eigenvalue weighted by molar-refractivity contribution is -0.0427. The number of hydrogen-bond acceptors (Lipinski definition) is 4. The van der Waals surface area contributed by atoms with Crippen molar-refractivity contribution in [3.05, 3.63) is 29.3 Å². The first-order valence-electron chi connectivity index (χ1n) is 6.78. The zero-order valence-electron chi connectivity index (χ0n) is 11.1. The molecule has 19 heavy (non-hydrogen) atoms. The first kappa shape index (κ1) is 13.0. The number of nitrogens with zero attached hydrogens (tertiary/aromatic N) is 1. The Balaban J connectivity index is 1.73. The van der Waals surface area contributed by atoms with Crippen molar-refractivity contribution >= 4 is 21.6 Å². The van der Waals surface area contributed by atoms with Gasteiger partial charge >= 0.3 is 0 Å². The topological polar surface area (TPSA) is 42.4 Å². The van der Waals surface area contributed by atoms with Crippen molar-refractivity contribution in [2.24, 2.45) is 0 Å². The molecule has 2 aromatic rings. The highest BCUT2D eigenvalue weighted by Gasteiger charge is 2.34. The van der Waals surface area contributed by atoms with Gasteiger partial charge in [-0.3, -0.25) is 0 Å². The van der Waals surface area contributed by atoms with E-state index >= 15 is 0 Å². The molecule has 0 aliphatic heterocycles. The molecule has 0 saturated heterocycles. The molecule has 1 aliphatic carbocycles. The summed E-state index contributed by atoms with van der Waals surface area (Å²) in [5.74, 6) is 0. The number of methoxy groups -OCH3 is 1. The van der Waals surface area contributed by atoms with Crippen LogP contribution >= 0.6 is 11.3 Å². The predicted octanol–water partition coefficient (Wildman–Crippen LogP) is 3.16. The summed E-state index contributed by atoms with van der Waals surface area (Å²) < 4.78 is 6.56. The Kier molecular flexibility index (Phi) is 3.56. The monoisotopic (exact) mass is 277 g/mol. The van der Waals surface area contributed by atoms with Gasteiger partial charge in [-0.1, -0.05) is 12.1 Å². The lowest BCUT2D eigenvalue weighted by atomic mass is 9.81. The summed E-state index contributed by atoms with van der Waals surface area (Å²) in [6.07, 6.45) is 4.48. The number of aliphatic hydroxyl groups is 1. The van der Waals surface area contributed by atoms with Crippen LogP contribution in [0, 0.1) is 0 Å². The molecule has 0 radical (unpaired) electrons. The summed E-state index contributed by atoms with van der Waals surface area (Å²) in [4.78, 5) is 4.62. The van der Waals surface area contributed by atoms with Crippen LogP contribution in [0.3, 0.4) is 0 Å². The van der Waals surface area contributed by atoms with Crippen molar-refractivity contribution in [3.63, 3.8) is 0 Å². The Hall–Kier alpha value is -0.970. The Labute approximate surface area is 117 Å². The molecular formula is C15H19NO2S. The maximum Gasteiger partial charge on any atom is 0.0967 e. The number of rotatable bonds is 3. The molecule has 1 aliphatic rings. The van der Waals surface area contributed by atoms with Crippen molar-refractivity contribution < 1.29 is 9.84 Å². The SMILES string of the molecule is COC1CCC(O)(Cc2nc3ccccc3s2)CC1. The maximum absolute atomic E-state index is 10.7. The Bertz CT molecular complexity index is 525. The standard InChI is InChI=1S/C15H19NO2S/c1-18-11-6-8-15(17,9-7-11)10-14-16-12-4-2-3-5-13(12)19-14/h2-5,11,17H,6-10H2,1H3. The van der Waals surface area contributed by atoms with Crippen LogP contribution in [0.15, 0.2) is 24.3 Å². The van der Waals surface area contributed by atoms with Gasteiger partial charge in [-0.25, -0.2) is 4.98 Å². The van der Waals surface area contributed by atoms with E-state index in [0.29, 0.717) is 12.5 Å². The number of ether oxygens (including phenoxy) is 1. The van der Waals surface area contributed by atoms with E-state index in [1.54, 1.807) is 18.4 Å². The summed E-state index contributed by atoms with van der Waals surface area (Å²) in [7, 11) is 1.75. The van der Waals surface area contributed by atoms with Crippen molar-refractivity contribution in [3.8, 4) is 0 Å². The van der Waals surface area contributed by atoms with E-state index < -0.39 is 5.60 Å². The van der Waals surface area contributed by atoms with Crippen molar-refractivity contribution in [2.45, 2.75) is 43.8 Å². The Morgan fingerprint density at radius 3 is 2.79 bits per heavy atom. The molecular weight excluding hydrogens is 258 g/mol. The van der Waals surface area contributed by atoms with E-state index in [1.807, 2.05) is 18.2 Å². The average molecular weight is 277 g/mol. The molecule has 0 spiro atoms. The van der Waals surface area contributed by atoms with Crippen LogP contribution in [0.1, 0.15) is 30.7 Å². The van der Waals surface area contributed by atoms with Crippen LogP contribution in [0.25, 0.3) is 10.2 Å². The van der Waals surface area contributed by atoms with Crippen LogP contribution in [0.4, 0.5) is 0 Å². The molecule has 1 heterocycles. The first-order valence-corrected chi connectivity index (χ1v) is 7.60. The summed E-state index contributed by atoms with van der Waals surface area (Å²) in [5, 5.41) is 11.7. The van der Waals surface area contributed by atoms with Gasteiger partial charge in [-0.05, 0) is 37.8 Å². The number of hydrogen-bond donors (Lipinski definition) is 1. The Morgan fingerprint density at radius 1 is 1.37 bits per heavy atom. The van der Waals surface area contributed by atoms with Gasteiger partial charge < -0.3 is 9.84 Å². The third-order valence-electron chi connectivity index (χ3n) is 4.02. The smallest absolute Gasteiger partial charge is 0.0967 e. The molecule has 3 rings (SSSR count). The third kappa shape index (κ3) is 2.81. The molecule has 102 valence electrons. The van der Waals surface area contributed by atoms with Crippen molar-refractivity contribution in [1.29, 1.82) is 0 Å². The second-order valence-electron chi connectivity index (χ2n) is 5.41. The second kappa shape index (κ2) is 5.19. The fourth-order valence-corrected chi connectivity index (χ4v) is 3.92. The zero-order chi connectivity index (χ0) is 13.3. The van der Waals surface area contributed by atoms with Crippen LogP contribution in [0.5, 0.6) is 0 Å². The minimum absolute atomic E-state index is 0.315. The normalized spacial score (nSPS) is 27.8. The first-order chi connectivity index (χ1) is 9.18. The molecule has 1 aromatic heterocycles. The van der Waals surface area contributed by atoms with Gasteiger partial charge in [-0.2, -0.15) is 0 Å². The molecule has 1 aromatic carbocycles. The molecule has 0 amide bonds. The molecule has 1 fully saturated rings. The van der Waals surface area contributed by atoms with E-state index in [2.05, 4.69) is 11.1 Å². The number of benzene rings is 1. The van der Waals surface area contributed by atoms with Gasteiger partial charge in [0.1, 0.15) is 0 Å². The highest BCUT2D eigenvalue weighted by Crippen LogP contribution is 2.34. The third-order valence-corrected chi connectivity index (χ3v) is 5.05. The van der Waals surface area contributed by atoms with Crippen LogP contribution < -0.4 is 0 Å². The highest BCUT2D eigenvalue weighted by atomic mass is 32.1. The summed E-state index contributed by atoms with van der Waals surface area (Å²) in [6.45, 7) is 0. The van der Waals surface area contributed by atoms with Crippen LogP contribution in [-0.4, -0.2) is 28.9 Å². The molecule has 1 saturated carbocycles. The molecule has 1 N–H and O–H groups in total. The number of thiazole rings is 1. The van der Waals surface area contributed by atoms with Crippen LogP contribution in [-0.2, 0) is 11.2 Å². The molecule has 0 bridgehead atoms. The lowest BCUT2D eigenvalue weighted by Gasteiger charge is -2.34. The molecule has 4 heteroatoms. The molecule has 0 unspecified atom stereocenters. The number of aromatic nitrogens is 1. The van der Waals surface area contributed by atoms with Gasteiger partial charge in [0.2, 0.25) is 0 Å². The quantitative estimate of drug-likeness (QED) is 0.937. The summed E-state index contributed by atoms with van der Waals surface area (Å²) >= 11 is 1.69. The highest BCUT2D eigenvalue weighted by molar-refractivity contribution is 7.18. The number of fused-ring (bicyclic) bond motifs is 1. The fourth-order valence-electron chi connectivity index (χ4n) is 2.82. The van der Waals surface area contributed by atoms with Gasteiger partial charge in [0.25, 0.3) is 0 Å². The largest absolute Gasteiger partial charge is 0.389 e. The molecule has 3 nitrogen and oxygen atoms in total. The second-order valence-corrected chi connectivity index (χ2v) is 6.53. The minimum atomic E-state index is -0.594. The van der Waals surface area contributed by atoms with Crippen LogP contribution in [0.2, 0.25) is 0 Å².